The molecule has 0 aromatic heterocycles. The topological polar surface area (TPSA) is 3.24 Å². The van der Waals surface area contributed by atoms with E-state index in [0.717, 1.165) is 17.1 Å². The standard InChI is InChI=1S/C61H41N/c1-5-20-43(21-6-1)61(44-22-7-2-8-23-44)59-35-18-17-32-52(59)53-33-19-34-54(60(53)61)56-41-58-49-29-14-13-28-48(49)55(40-57(58)51-31-16-15-30-50(51)56)42-36-38-47(39-37-42)62(45-24-9-3-10-25-45)46-26-11-4-12-27-46/h1-41H. The number of anilines is 3. The molecule has 0 aliphatic heterocycles. The highest BCUT2D eigenvalue weighted by molar-refractivity contribution is 6.24. The molecule has 0 N–H and O–H groups in total. The molecule has 0 amide bonds. The molecule has 0 atom stereocenters. The van der Waals surface area contributed by atoms with Crippen LogP contribution in [0.2, 0.25) is 0 Å². The molecule has 0 heterocycles. The first kappa shape index (κ1) is 35.9. The molecule has 0 bridgehead atoms. The lowest BCUT2D eigenvalue weighted by Gasteiger charge is -2.35. The first-order valence-corrected chi connectivity index (χ1v) is 21.5. The lowest BCUT2D eigenvalue weighted by atomic mass is 9.66. The molecular formula is C61H41N. The molecule has 0 unspecified atom stereocenters. The van der Waals surface area contributed by atoms with Gasteiger partial charge in [0.05, 0.1) is 5.41 Å². The van der Waals surface area contributed by atoms with E-state index in [0.29, 0.717) is 0 Å². The van der Waals surface area contributed by atoms with E-state index in [1.165, 1.54) is 88.0 Å². The number of para-hydroxylation sites is 2. The number of hydrogen-bond acceptors (Lipinski definition) is 1. The van der Waals surface area contributed by atoms with E-state index >= 15 is 0 Å². The van der Waals surface area contributed by atoms with Crippen molar-refractivity contribution < 1.29 is 0 Å². The molecular weight excluding hydrogens is 747 g/mol. The fourth-order valence-electron chi connectivity index (χ4n) is 10.5. The Labute approximate surface area is 362 Å². The highest BCUT2D eigenvalue weighted by Gasteiger charge is 2.47. The largest absolute Gasteiger partial charge is 0.311 e. The zero-order valence-electron chi connectivity index (χ0n) is 34.1. The second-order valence-corrected chi connectivity index (χ2v) is 16.3. The van der Waals surface area contributed by atoms with Gasteiger partial charge in [-0.05, 0) is 136 Å². The van der Waals surface area contributed by atoms with Gasteiger partial charge in [0.15, 0.2) is 0 Å². The van der Waals surface area contributed by atoms with Gasteiger partial charge in [-0.25, -0.2) is 0 Å². The average Bonchev–Trinajstić information content (AvgIpc) is 3.66. The molecule has 1 heteroatoms. The lowest BCUT2D eigenvalue weighted by molar-refractivity contribution is 0.770. The maximum absolute atomic E-state index is 2.49. The fourth-order valence-corrected chi connectivity index (χ4v) is 10.5. The van der Waals surface area contributed by atoms with Crippen LogP contribution in [-0.2, 0) is 5.41 Å². The Hall–Kier alpha value is -8.00. The minimum absolute atomic E-state index is 0.518. The zero-order valence-corrected chi connectivity index (χ0v) is 34.1. The summed E-state index contributed by atoms with van der Waals surface area (Å²) in [6.45, 7) is 0. The van der Waals surface area contributed by atoms with Gasteiger partial charge in [-0.2, -0.15) is 0 Å². The number of rotatable bonds is 7. The summed E-state index contributed by atoms with van der Waals surface area (Å²) in [5, 5.41) is 7.50. The molecule has 0 spiro atoms. The molecule has 62 heavy (non-hydrogen) atoms. The molecule has 0 saturated carbocycles. The van der Waals surface area contributed by atoms with Crippen LogP contribution < -0.4 is 4.90 Å². The van der Waals surface area contributed by atoms with Crippen LogP contribution in [0, 0.1) is 0 Å². The van der Waals surface area contributed by atoms with E-state index in [9.17, 15) is 0 Å². The van der Waals surface area contributed by atoms with Gasteiger partial charge in [-0.15, -0.1) is 0 Å². The van der Waals surface area contributed by atoms with Crippen molar-refractivity contribution in [1.82, 2.24) is 0 Å². The number of benzene rings is 11. The quantitative estimate of drug-likeness (QED) is 0.145. The van der Waals surface area contributed by atoms with Crippen LogP contribution in [-0.4, -0.2) is 0 Å². The lowest BCUT2D eigenvalue weighted by Crippen LogP contribution is -2.29. The summed E-state index contributed by atoms with van der Waals surface area (Å²) < 4.78 is 0. The average molecular weight is 788 g/mol. The molecule has 12 rings (SSSR count). The Balaban J connectivity index is 1.09. The van der Waals surface area contributed by atoms with E-state index < -0.39 is 5.41 Å². The monoisotopic (exact) mass is 787 g/mol. The molecule has 290 valence electrons. The molecule has 1 nitrogen and oxygen atoms in total. The predicted molar refractivity (Wildman–Crippen MR) is 262 cm³/mol. The molecule has 1 aliphatic carbocycles. The highest BCUT2D eigenvalue weighted by atomic mass is 15.1. The first-order chi connectivity index (χ1) is 30.8. The van der Waals surface area contributed by atoms with Crippen molar-refractivity contribution in [2.45, 2.75) is 5.41 Å². The molecule has 11 aromatic carbocycles. The maximum atomic E-state index is 2.49. The van der Waals surface area contributed by atoms with Crippen LogP contribution >= 0.6 is 0 Å². The Bertz CT molecular complexity index is 3350. The smallest absolute Gasteiger partial charge is 0.0719 e. The van der Waals surface area contributed by atoms with Crippen molar-refractivity contribution in [3.05, 3.63) is 271 Å². The van der Waals surface area contributed by atoms with Crippen LogP contribution in [0.5, 0.6) is 0 Å². The summed E-state index contributed by atoms with van der Waals surface area (Å²) in [4.78, 5) is 2.32. The van der Waals surface area contributed by atoms with Crippen molar-refractivity contribution in [1.29, 1.82) is 0 Å². The van der Waals surface area contributed by atoms with Crippen molar-refractivity contribution in [3.8, 4) is 33.4 Å². The van der Waals surface area contributed by atoms with Crippen molar-refractivity contribution in [2.24, 2.45) is 0 Å². The summed E-state index contributed by atoms with van der Waals surface area (Å²) >= 11 is 0. The summed E-state index contributed by atoms with van der Waals surface area (Å²) in [7, 11) is 0. The second-order valence-electron chi connectivity index (χ2n) is 16.3. The van der Waals surface area contributed by atoms with E-state index in [1.54, 1.807) is 0 Å². The summed E-state index contributed by atoms with van der Waals surface area (Å²) in [5.41, 5.74) is 15.6. The maximum Gasteiger partial charge on any atom is 0.0719 e. The van der Waals surface area contributed by atoms with Crippen LogP contribution in [0.25, 0.3) is 65.7 Å². The molecule has 0 radical (unpaired) electrons. The van der Waals surface area contributed by atoms with E-state index in [4.69, 9.17) is 0 Å². The fraction of sp³-hybridized carbons (Fsp3) is 0.0164. The Morgan fingerprint density at radius 1 is 0.258 bits per heavy atom. The van der Waals surface area contributed by atoms with Gasteiger partial charge in [0.2, 0.25) is 0 Å². The number of fused-ring (bicyclic) bond motifs is 8. The second kappa shape index (κ2) is 14.6. The predicted octanol–water partition coefficient (Wildman–Crippen LogP) is 16.3. The van der Waals surface area contributed by atoms with Gasteiger partial charge in [-0.1, -0.05) is 200 Å². The minimum Gasteiger partial charge on any atom is -0.311 e. The van der Waals surface area contributed by atoms with Gasteiger partial charge in [0, 0.05) is 17.1 Å². The molecule has 11 aromatic rings. The summed E-state index contributed by atoms with van der Waals surface area (Å²) in [6, 6.07) is 91.5. The third-order valence-electron chi connectivity index (χ3n) is 13.1. The van der Waals surface area contributed by atoms with Gasteiger partial charge in [0.1, 0.15) is 0 Å². The van der Waals surface area contributed by atoms with E-state index in [2.05, 4.69) is 254 Å². The highest BCUT2D eigenvalue weighted by Crippen LogP contribution is 2.59. The summed E-state index contributed by atoms with van der Waals surface area (Å²) in [6.07, 6.45) is 0. The van der Waals surface area contributed by atoms with Crippen molar-refractivity contribution in [2.75, 3.05) is 4.90 Å². The van der Waals surface area contributed by atoms with Crippen LogP contribution in [0.15, 0.2) is 249 Å². The van der Waals surface area contributed by atoms with Gasteiger partial charge < -0.3 is 4.90 Å². The SMILES string of the molecule is c1ccc(N(c2ccccc2)c2ccc(-c3cc4c5ccccc5c(-c5cccc6c5C(c5ccccc5)(c5ccccc5)c5ccccc5-6)cc4c4ccccc34)cc2)cc1. The summed E-state index contributed by atoms with van der Waals surface area (Å²) in [5.74, 6) is 0. The van der Waals surface area contributed by atoms with E-state index in [-0.39, 0.29) is 0 Å². The third kappa shape index (κ3) is 5.49. The van der Waals surface area contributed by atoms with Crippen molar-refractivity contribution >= 4 is 49.4 Å². The van der Waals surface area contributed by atoms with Crippen molar-refractivity contribution in [3.63, 3.8) is 0 Å². The number of hydrogen-bond donors (Lipinski definition) is 0. The Morgan fingerprint density at radius 2 is 0.661 bits per heavy atom. The van der Waals surface area contributed by atoms with Crippen LogP contribution in [0.4, 0.5) is 17.1 Å². The van der Waals surface area contributed by atoms with Crippen LogP contribution in [0.1, 0.15) is 22.3 Å². The molecule has 0 fully saturated rings. The van der Waals surface area contributed by atoms with Gasteiger partial charge in [-0.3, -0.25) is 0 Å². The van der Waals surface area contributed by atoms with E-state index in [1.807, 2.05) is 0 Å². The third-order valence-corrected chi connectivity index (χ3v) is 13.1. The normalized spacial score (nSPS) is 12.6. The Morgan fingerprint density at radius 3 is 1.23 bits per heavy atom. The zero-order chi connectivity index (χ0) is 41.0. The minimum atomic E-state index is -0.518. The molecule has 1 aliphatic rings. The van der Waals surface area contributed by atoms with Gasteiger partial charge >= 0.3 is 0 Å². The first-order valence-electron chi connectivity index (χ1n) is 21.5. The van der Waals surface area contributed by atoms with Gasteiger partial charge in [0.25, 0.3) is 0 Å². The Kier molecular flexibility index (Phi) is 8.47. The van der Waals surface area contributed by atoms with Crippen LogP contribution in [0.3, 0.4) is 0 Å². The number of nitrogens with zero attached hydrogens (tertiary/aromatic N) is 1. The molecule has 0 saturated heterocycles.